The van der Waals surface area contributed by atoms with Gasteiger partial charge in [0.25, 0.3) is 0 Å². The number of ketones is 1. The quantitative estimate of drug-likeness (QED) is 0.205. The third-order valence-electron chi connectivity index (χ3n) is 9.66. The van der Waals surface area contributed by atoms with Crippen LogP contribution in [0.25, 0.3) is 0 Å². The minimum atomic E-state index is -3.96. The van der Waals surface area contributed by atoms with Crippen molar-refractivity contribution >= 4 is 48.7 Å². The normalized spacial score (nSPS) is 25.5. The van der Waals surface area contributed by atoms with E-state index in [2.05, 4.69) is 0 Å². The Balaban J connectivity index is 1.51. The number of benzene rings is 4. The zero-order chi connectivity index (χ0) is 32.1. The summed E-state index contributed by atoms with van der Waals surface area (Å²) in [7, 11) is -7.87. The fraction of sp³-hybridized carbons (Fsp3) is 0.306. The first kappa shape index (κ1) is 32.0. The van der Waals surface area contributed by atoms with Crippen molar-refractivity contribution in [2.45, 2.75) is 65.2 Å². The molecule has 0 radical (unpaired) electrons. The highest BCUT2D eigenvalue weighted by molar-refractivity contribution is 7.92. The Hall–Kier alpha value is -2.97. The number of halogens is 2. The molecule has 4 aromatic carbocycles. The van der Waals surface area contributed by atoms with Gasteiger partial charge in [0.05, 0.1) is 20.3 Å². The SMILES string of the molecule is Cc1ccc(S(=O)(=O)C2C[C@H]3C(=O)CC(c4ccc(Cl)cc4)C(S(=O)(=O)c4ccc(C)cc4)[C@H]3CC2c2cccc(Cl)c2)cc1. The molecule has 6 rings (SSSR count). The summed E-state index contributed by atoms with van der Waals surface area (Å²) in [5.74, 6) is -2.66. The van der Waals surface area contributed by atoms with Crippen molar-refractivity contribution < 1.29 is 21.6 Å². The average molecular weight is 682 g/mol. The molecule has 0 spiro atoms. The second-order valence-electron chi connectivity index (χ2n) is 12.5. The van der Waals surface area contributed by atoms with E-state index in [1.54, 1.807) is 91.0 Å². The zero-order valence-corrected chi connectivity index (χ0v) is 28.1. The highest BCUT2D eigenvalue weighted by atomic mass is 35.5. The van der Waals surface area contributed by atoms with Gasteiger partial charge in [0.2, 0.25) is 0 Å². The number of Topliss-reactive ketones (excluding diaryl/α,β-unsaturated/α-hetero) is 1. The van der Waals surface area contributed by atoms with Gasteiger partial charge >= 0.3 is 0 Å². The summed E-state index contributed by atoms with van der Waals surface area (Å²) in [4.78, 5) is 14.4. The molecule has 4 aromatic rings. The molecule has 2 saturated carbocycles. The van der Waals surface area contributed by atoms with Crippen LogP contribution in [0.3, 0.4) is 0 Å². The lowest BCUT2D eigenvalue weighted by molar-refractivity contribution is -0.128. The van der Waals surface area contributed by atoms with Gasteiger partial charge in [-0.05, 0) is 92.3 Å². The highest BCUT2D eigenvalue weighted by Gasteiger charge is 2.56. The molecule has 4 unspecified atom stereocenters. The molecule has 2 aliphatic rings. The maximum atomic E-state index is 14.7. The number of hydrogen-bond donors (Lipinski definition) is 0. The first-order chi connectivity index (χ1) is 21.4. The number of carbonyl (C=O) groups excluding carboxylic acids is 1. The van der Waals surface area contributed by atoms with Crippen LogP contribution in [0, 0.1) is 25.7 Å². The molecule has 5 nitrogen and oxygen atoms in total. The molecule has 2 fully saturated rings. The van der Waals surface area contributed by atoms with Gasteiger partial charge in [-0.25, -0.2) is 16.8 Å². The Kier molecular flexibility index (Phi) is 8.76. The molecule has 9 heteroatoms. The van der Waals surface area contributed by atoms with Crippen molar-refractivity contribution in [3.05, 3.63) is 129 Å². The molecule has 0 N–H and O–H groups in total. The minimum Gasteiger partial charge on any atom is -0.299 e. The maximum absolute atomic E-state index is 14.7. The maximum Gasteiger partial charge on any atom is 0.182 e. The monoisotopic (exact) mass is 680 g/mol. The molecule has 0 saturated heterocycles. The zero-order valence-electron chi connectivity index (χ0n) is 24.9. The number of rotatable bonds is 6. The first-order valence-electron chi connectivity index (χ1n) is 15.0. The molecular weight excluding hydrogens is 647 g/mol. The molecule has 0 bridgehead atoms. The lowest BCUT2D eigenvalue weighted by Crippen LogP contribution is -2.53. The lowest BCUT2D eigenvalue weighted by atomic mass is 9.62. The third-order valence-corrected chi connectivity index (χ3v) is 14.7. The topological polar surface area (TPSA) is 85.3 Å². The fourth-order valence-electron chi connectivity index (χ4n) is 7.40. The first-order valence-corrected chi connectivity index (χ1v) is 18.9. The number of hydrogen-bond acceptors (Lipinski definition) is 5. The van der Waals surface area contributed by atoms with Crippen LogP contribution in [0.15, 0.2) is 107 Å². The number of aryl methyl sites for hydroxylation is 2. The van der Waals surface area contributed by atoms with Gasteiger partial charge < -0.3 is 0 Å². The van der Waals surface area contributed by atoms with Crippen molar-refractivity contribution in [1.82, 2.24) is 0 Å². The van der Waals surface area contributed by atoms with Gasteiger partial charge in [0.1, 0.15) is 5.78 Å². The van der Waals surface area contributed by atoms with Gasteiger partial charge in [-0.1, -0.05) is 82.9 Å². The third kappa shape index (κ3) is 6.12. The van der Waals surface area contributed by atoms with Gasteiger partial charge in [-0.15, -0.1) is 0 Å². The largest absolute Gasteiger partial charge is 0.299 e. The van der Waals surface area contributed by atoms with Crippen molar-refractivity contribution in [2.24, 2.45) is 11.8 Å². The number of sulfone groups is 2. The minimum absolute atomic E-state index is 0.00229. The van der Waals surface area contributed by atoms with Gasteiger partial charge in [-0.3, -0.25) is 4.79 Å². The molecule has 0 amide bonds. The highest BCUT2D eigenvalue weighted by Crippen LogP contribution is 2.54. The van der Waals surface area contributed by atoms with Crippen molar-refractivity contribution in [1.29, 1.82) is 0 Å². The van der Waals surface area contributed by atoms with E-state index in [0.717, 1.165) is 16.7 Å². The summed E-state index contributed by atoms with van der Waals surface area (Å²) < 4.78 is 58.0. The predicted molar refractivity (Wildman–Crippen MR) is 179 cm³/mol. The number of carbonyl (C=O) groups is 1. The summed E-state index contributed by atoms with van der Waals surface area (Å²) in [5.41, 5.74) is 3.31. The van der Waals surface area contributed by atoms with E-state index in [0.29, 0.717) is 15.6 Å². The lowest BCUT2D eigenvalue weighted by Gasteiger charge is -2.48. The van der Waals surface area contributed by atoms with Crippen LogP contribution < -0.4 is 0 Å². The van der Waals surface area contributed by atoms with Crippen molar-refractivity contribution in [3.63, 3.8) is 0 Å². The van der Waals surface area contributed by atoms with Crippen LogP contribution >= 0.6 is 23.2 Å². The van der Waals surface area contributed by atoms with Gasteiger partial charge in [0, 0.05) is 34.2 Å². The molecule has 0 aliphatic heterocycles. The Bertz CT molecular complexity index is 1940. The van der Waals surface area contributed by atoms with Gasteiger partial charge in [-0.2, -0.15) is 0 Å². The summed E-state index contributed by atoms with van der Waals surface area (Å²) >= 11 is 12.6. The second kappa shape index (κ2) is 12.3. The molecular formula is C36H34Cl2O5S2. The standard InChI is InChI=1S/C36H34Cl2O5S2/c1-22-6-14-28(15-7-22)44(40,41)35-21-32-33(19-30(35)25-4-3-5-27(38)18-25)36(45(42,43)29-16-8-23(2)9-17-29)31(20-34(32)39)24-10-12-26(37)13-11-24/h3-18,30-33,35-36H,19-21H2,1-2H3/t30?,31?,32-,33+,35?,36?/m1/s1. The van der Waals surface area contributed by atoms with E-state index in [-0.39, 0.29) is 34.8 Å². The Morgan fingerprint density at radius 2 is 1.18 bits per heavy atom. The van der Waals surface area contributed by atoms with Gasteiger partial charge in [0.15, 0.2) is 19.7 Å². The van der Waals surface area contributed by atoms with E-state index < -0.39 is 53.8 Å². The predicted octanol–water partition coefficient (Wildman–Crippen LogP) is 8.16. The molecule has 6 atom stereocenters. The van der Waals surface area contributed by atoms with E-state index in [1.807, 2.05) is 19.9 Å². The smallest absolute Gasteiger partial charge is 0.182 e. The molecule has 45 heavy (non-hydrogen) atoms. The van der Waals surface area contributed by atoms with E-state index >= 15 is 0 Å². The van der Waals surface area contributed by atoms with Crippen LogP contribution in [0.5, 0.6) is 0 Å². The van der Waals surface area contributed by atoms with E-state index in [4.69, 9.17) is 23.2 Å². The van der Waals surface area contributed by atoms with E-state index in [1.165, 1.54) is 0 Å². The molecule has 0 heterocycles. The van der Waals surface area contributed by atoms with Crippen LogP contribution in [0.4, 0.5) is 0 Å². The second-order valence-corrected chi connectivity index (χ2v) is 17.6. The average Bonchev–Trinajstić information content (AvgIpc) is 3.01. The Morgan fingerprint density at radius 1 is 0.600 bits per heavy atom. The fourth-order valence-corrected chi connectivity index (χ4v) is 12.0. The summed E-state index contributed by atoms with van der Waals surface area (Å²) in [6.45, 7) is 3.79. The van der Waals surface area contributed by atoms with Crippen LogP contribution in [-0.4, -0.2) is 33.1 Å². The summed E-state index contributed by atoms with van der Waals surface area (Å²) in [6.07, 6.45) is 0.230. The summed E-state index contributed by atoms with van der Waals surface area (Å²) in [5, 5.41) is -0.907. The molecule has 2 aliphatic carbocycles. The Labute approximate surface area is 275 Å². The Morgan fingerprint density at radius 3 is 1.76 bits per heavy atom. The summed E-state index contributed by atoms with van der Waals surface area (Å²) in [6, 6.07) is 27.7. The van der Waals surface area contributed by atoms with E-state index in [9.17, 15) is 21.6 Å². The number of fused-ring (bicyclic) bond motifs is 1. The molecule has 0 aromatic heterocycles. The van der Waals surface area contributed by atoms with Crippen LogP contribution in [-0.2, 0) is 24.5 Å². The van der Waals surface area contributed by atoms with Crippen molar-refractivity contribution in [2.75, 3.05) is 0 Å². The van der Waals surface area contributed by atoms with Crippen LogP contribution in [0.1, 0.15) is 53.4 Å². The van der Waals surface area contributed by atoms with Crippen molar-refractivity contribution in [3.8, 4) is 0 Å². The molecule has 234 valence electrons. The van der Waals surface area contributed by atoms with Crippen LogP contribution in [0.2, 0.25) is 10.0 Å².